The van der Waals surface area contributed by atoms with Gasteiger partial charge in [-0.1, -0.05) is 95.5 Å². The molecule has 0 saturated heterocycles. The Kier molecular flexibility index (Phi) is 10.00. The zero-order valence-corrected chi connectivity index (χ0v) is 24.6. The fourth-order valence-corrected chi connectivity index (χ4v) is 5.88. The van der Waals surface area contributed by atoms with Crippen molar-refractivity contribution >= 4 is 22.1 Å². The first kappa shape index (κ1) is 28.1. The molecule has 2 aromatic carbocycles. The van der Waals surface area contributed by atoms with Gasteiger partial charge in [0, 0.05) is 12.1 Å². The number of aromatic nitrogens is 5. The molecule has 210 valence electrons. The average Bonchev–Trinajstić information content (AvgIpc) is 3.56. The van der Waals surface area contributed by atoms with Gasteiger partial charge in [-0.15, -0.1) is 0 Å². The molecule has 5 heteroatoms. The molecular formula is C35H47N5+2. The summed E-state index contributed by atoms with van der Waals surface area (Å²) in [5, 5.41) is 0. The molecule has 0 unspecified atom stereocenters. The van der Waals surface area contributed by atoms with Crippen LogP contribution in [0.2, 0.25) is 0 Å². The lowest BCUT2D eigenvalue weighted by Gasteiger charge is -2.00. The molecule has 0 aliphatic carbocycles. The fourth-order valence-electron chi connectivity index (χ4n) is 5.88. The van der Waals surface area contributed by atoms with Crippen LogP contribution in [0.15, 0.2) is 79.4 Å². The number of unbranched alkanes of at least 4 members (excludes halogenated alkanes) is 10. The van der Waals surface area contributed by atoms with Crippen LogP contribution in [-0.2, 0) is 13.1 Å². The van der Waals surface area contributed by atoms with Crippen LogP contribution in [0.3, 0.4) is 0 Å². The highest BCUT2D eigenvalue weighted by atomic mass is 15.2. The number of para-hydroxylation sites is 4. The minimum absolute atomic E-state index is 0.954. The largest absolute Gasteiger partial charge is 0.251 e. The van der Waals surface area contributed by atoms with Crippen LogP contribution in [0, 0.1) is 0 Å². The molecule has 0 fully saturated rings. The molecule has 0 aliphatic rings. The summed E-state index contributed by atoms with van der Waals surface area (Å²) in [6.07, 6.45) is 20.2. The summed E-state index contributed by atoms with van der Waals surface area (Å²) in [4.78, 5) is 5.20. The van der Waals surface area contributed by atoms with Crippen LogP contribution < -0.4 is 9.13 Å². The summed E-state index contributed by atoms with van der Waals surface area (Å²) in [7, 11) is 0. The molecular weight excluding hydrogens is 490 g/mol. The Morgan fingerprint density at radius 2 is 0.925 bits per heavy atom. The van der Waals surface area contributed by atoms with Gasteiger partial charge in [0.15, 0.2) is 22.1 Å². The predicted octanol–water partition coefficient (Wildman–Crippen LogP) is 8.27. The second-order valence-electron chi connectivity index (χ2n) is 11.2. The molecule has 5 nitrogen and oxygen atoms in total. The topological polar surface area (TPSA) is 30.5 Å². The van der Waals surface area contributed by atoms with Crippen LogP contribution >= 0.6 is 0 Å². The Morgan fingerprint density at radius 3 is 1.40 bits per heavy atom. The quantitative estimate of drug-likeness (QED) is 0.0920. The van der Waals surface area contributed by atoms with Crippen molar-refractivity contribution in [3.63, 3.8) is 0 Å². The third-order valence-electron chi connectivity index (χ3n) is 8.13. The average molecular weight is 538 g/mol. The van der Waals surface area contributed by atoms with Crippen molar-refractivity contribution in [1.82, 2.24) is 14.1 Å². The summed E-state index contributed by atoms with van der Waals surface area (Å²) < 4.78 is 9.32. The number of imidazole rings is 2. The van der Waals surface area contributed by atoms with Crippen LogP contribution in [0.5, 0.6) is 0 Å². The van der Waals surface area contributed by atoms with E-state index in [4.69, 9.17) is 4.98 Å². The van der Waals surface area contributed by atoms with E-state index in [0.29, 0.717) is 0 Å². The highest BCUT2D eigenvalue weighted by Crippen LogP contribution is 2.20. The van der Waals surface area contributed by atoms with E-state index in [1.165, 1.54) is 99.1 Å². The molecule has 5 aromatic rings. The molecule has 3 aromatic heterocycles. The zero-order valence-electron chi connectivity index (χ0n) is 24.6. The Bertz CT molecular complexity index is 1390. The van der Waals surface area contributed by atoms with Gasteiger partial charge >= 0.3 is 0 Å². The van der Waals surface area contributed by atoms with E-state index >= 15 is 0 Å². The van der Waals surface area contributed by atoms with Gasteiger partial charge in [0.1, 0.15) is 0 Å². The number of hydrogen-bond acceptors (Lipinski definition) is 1. The number of hydrogen-bond donors (Lipinski definition) is 0. The number of nitrogens with zero attached hydrogens (tertiary/aromatic N) is 5. The summed E-state index contributed by atoms with van der Waals surface area (Å²) >= 11 is 0. The van der Waals surface area contributed by atoms with Crippen LogP contribution in [-0.4, -0.2) is 14.1 Å². The Hall–Kier alpha value is -3.47. The van der Waals surface area contributed by atoms with Crippen LogP contribution in [0.25, 0.3) is 33.7 Å². The monoisotopic (exact) mass is 537 g/mol. The van der Waals surface area contributed by atoms with Crippen molar-refractivity contribution in [2.45, 2.75) is 104 Å². The number of pyridine rings is 1. The number of benzene rings is 2. The molecule has 0 saturated carbocycles. The third-order valence-corrected chi connectivity index (χ3v) is 8.13. The van der Waals surface area contributed by atoms with E-state index in [9.17, 15) is 0 Å². The molecule has 0 atom stereocenters. The lowest BCUT2D eigenvalue weighted by atomic mass is 10.1. The van der Waals surface area contributed by atoms with E-state index in [2.05, 4.69) is 112 Å². The minimum atomic E-state index is 0.954. The van der Waals surface area contributed by atoms with Crippen molar-refractivity contribution < 1.29 is 9.13 Å². The lowest BCUT2D eigenvalue weighted by molar-refractivity contribution is -0.672. The molecule has 0 amide bonds. The summed E-state index contributed by atoms with van der Waals surface area (Å²) in [5.74, 6) is 1.91. The Balaban J connectivity index is 1.39. The fraction of sp³-hybridized carbons (Fsp3) is 0.457. The van der Waals surface area contributed by atoms with Crippen molar-refractivity contribution in [2.24, 2.45) is 0 Å². The minimum Gasteiger partial charge on any atom is -0.229 e. The Labute approximate surface area is 240 Å². The molecule has 0 N–H and O–H groups in total. The maximum Gasteiger partial charge on any atom is 0.251 e. The zero-order chi connectivity index (χ0) is 27.6. The van der Waals surface area contributed by atoms with Gasteiger partial charge in [-0.25, -0.2) is 9.13 Å². The first-order chi connectivity index (χ1) is 19.8. The van der Waals surface area contributed by atoms with E-state index in [1.54, 1.807) is 0 Å². The maximum atomic E-state index is 5.20. The molecule has 0 spiro atoms. The first-order valence-corrected chi connectivity index (χ1v) is 15.8. The summed E-state index contributed by atoms with van der Waals surface area (Å²) in [6.45, 7) is 6.64. The van der Waals surface area contributed by atoms with Crippen LogP contribution in [0.1, 0.15) is 90.9 Å². The van der Waals surface area contributed by atoms with Gasteiger partial charge in [0.2, 0.25) is 11.6 Å². The van der Waals surface area contributed by atoms with Gasteiger partial charge in [0.05, 0.1) is 13.1 Å². The van der Waals surface area contributed by atoms with E-state index in [0.717, 1.165) is 24.7 Å². The van der Waals surface area contributed by atoms with Gasteiger partial charge < -0.3 is 0 Å². The van der Waals surface area contributed by atoms with Crippen molar-refractivity contribution in [3.8, 4) is 11.6 Å². The molecule has 5 rings (SSSR count). The van der Waals surface area contributed by atoms with Gasteiger partial charge in [-0.3, -0.25) is 0 Å². The number of fused-ring (bicyclic) bond motifs is 2. The Morgan fingerprint density at radius 1 is 0.500 bits per heavy atom. The highest BCUT2D eigenvalue weighted by Gasteiger charge is 2.21. The number of aryl methyl sites for hydroxylation is 2. The maximum absolute atomic E-state index is 5.20. The molecule has 0 aliphatic heterocycles. The van der Waals surface area contributed by atoms with Gasteiger partial charge in [-0.05, 0) is 49.9 Å². The first-order valence-electron chi connectivity index (χ1n) is 15.8. The van der Waals surface area contributed by atoms with Crippen molar-refractivity contribution in [2.75, 3.05) is 0 Å². The highest BCUT2D eigenvalue weighted by molar-refractivity contribution is 5.75. The van der Waals surface area contributed by atoms with E-state index < -0.39 is 0 Å². The molecule has 3 heterocycles. The van der Waals surface area contributed by atoms with E-state index in [-0.39, 0.29) is 0 Å². The van der Waals surface area contributed by atoms with Crippen LogP contribution in [0.4, 0.5) is 0 Å². The molecule has 40 heavy (non-hydrogen) atoms. The smallest absolute Gasteiger partial charge is 0.229 e. The van der Waals surface area contributed by atoms with Gasteiger partial charge in [0.25, 0.3) is 12.7 Å². The second-order valence-corrected chi connectivity index (χ2v) is 11.2. The second kappa shape index (κ2) is 14.2. The standard InChI is InChI=1S/C35H47N5/c1-3-5-7-9-11-17-26-37-28-39(32-22-15-13-20-30(32)37)34-24-19-25-35(36-34)40-29-38(27-18-12-10-8-6-4-2)31-21-14-16-23-33(31)40/h13-16,19-25,28-29H,3-12,17-18,26-27H2,1-2H3/q+2. The lowest BCUT2D eigenvalue weighted by Crippen LogP contribution is -2.32. The third kappa shape index (κ3) is 6.63. The van der Waals surface area contributed by atoms with Crippen molar-refractivity contribution in [3.05, 3.63) is 79.4 Å². The predicted molar refractivity (Wildman–Crippen MR) is 165 cm³/mol. The normalized spacial score (nSPS) is 11.7. The number of rotatable bonds is 16. The van der Waals surface area contributed by atoms with E-state index in [1.807, 2.05) is 0 Å². The molecule has 0 bridgehead atoms. The summed E-state index contributed by atoms with van der Waals surface area (Å²) in [5.41, 5.74) is 4.94. The molecule has 0 radical (unpaired) electrons. The summed E-state index contributed by atoms with van der Waals surface area (Å²) in [6, 6.07) is 23.8. The van der Waals surface area contributed by atoms with Gasteiger partial charge in [-0.2, -0.15) is 14.1 Å². The van der Waals surface area contributed by atoms with Crippen molar-refractivity contribution in [1.29, 1.82) is 0 Å². The SMILES string of the molecule is CCCCCCCC[n+]1cn(-c2cccc(-n3c[n+](CCCCCCCC)c4ccccc43)n2)c2ccccc21.